The van der Waals surface area contributed by atoms with E-state index in [0.717, 1.165) is 28.6 Å². The van der Waals surface area contributed by atoms with Crippen LogP contribution in [0.3, 0.4) is 0 Å². The summed E-state index contributed by atoms with van der Waals surface area (Å²) in [5.41, 5.74) is 4.69. The normalized spacial score (nSPS) is 28.7. The van der Waals surface area contributed by atoms with E-state index in [9.17, 15) is 0 Å². The van der Waals surface area contributed by atoms with Crippen molar-refractivity contribution in [1.29, 1.82) is 0 Å². The number of fused-ring (bicyclic) bond motifs is 4. The number of allylic oxidation sites excluding steroid dienone is 2. The van der Waals surface area contributed by atoms with Crippen molar-refractivity contribution in [2.45, 2.75) is 57.8 Å². The highest BCUT2D eigenvalue weighted by Crippen LogP contribution is 2.52. The highest BCUT2D eigenvalue weighted by Gasteiger charge is 2.44. The minimum atomic E-state index is -0.151. The minimum Gasteiger partial charge on any atom is -0.452 e. The molecule has 0 radical (unpaired) electrons. The predicted molar refractivity (Wildman–Crippen MR) is 129 cm³/mol. The number of anilines is 1. The Balaban J connectivity index is 1.55. The maximum Gasteiger partial charge on any atom is 0.247 e. The van der Waals surface area contributed by atoms with Crippen LogP contribution in [0.2, 0.25) is 0 Å². The van der Waals surface area contributed by atoms with E-state index in [1.807, 2.05) is 6.26 Å². The van der Waals surface area contributed by atoms with Crippen molar-refractivity contribution in [3.8, 4) is 17.1 Å². The first-order chi connectivity index (χ1) is 14.9. The third-order valence-electron chi connectivity index (χ3n) is 7.36. The first kappa shape index (κ1) is 21.3. The lowest BCUT2D eigenvalue weighted by atomic mass is 9.59. The Morgan fingerprint density at radius 2 is 2.10 bits per heavy atom. The van der Waals surface area contributed by atoms with Crippen LogP contribution in [0.15, 0.2) is 39.5 Å². The highest BCUT2D eigenvalue weighted by molar-refractivity contribution is 9.10. The molecule has 0 spiro atoms. The summed E-state index contributed by atoms with van der Waals surface area (Å²) in [6.45, 7) is 7.24. The fourth-order valence-corrected chi connectivity index (χ4v) is 6.22. The topological polar surface area (TPSA) is 59.9 Å². The van der Waals surface area contributed by atoms with Crippen molar-refractivity contribution in [2.75, 3.05) is 11.6 Å². The van der Waals surface area contributed by atoms with Crippen LogP contribution < -0.4 is 10.1 Å². The molecule has 0 saturated heterocycles. The Morgan fingerprint density at radius 1 is 1.26 bits per heavy atom. The van der Waals surface area contributed by atoms with Gasteiger partial charge < -0.3 is 10.1 Å². The molecule has 0 amide bonds. The van der Waals surface area contributed by atoms with Crippen molar-refractivity contribution >= 4 is 33.4 Å². The van der Waals surface area contributed by atoms with Gasteiger partial charge in [0.25, 0.3) is 0 Å². The molecule has 0 unspecified atom stereocenters. The van der Waals surface area contributed by atoms with Crippen molar-refractivity contribution in [3.05, 3.63) is 34.3 Å². The van der Waals surface area contributed by atoms with Crippen molar-refractivity contribution < 1.29 is 4.74 Å². The smallest absolute Gasteiger partial charge is 0.247 e. The van der Waals surface area contributed by atoms with Crippen molar-refractivity contribution in [3.63, 3.8) is 0 Å². The molecule has 1 saturated carbocycles. The van der Waals surface area contributed by atoms with Gasteiger partial charge in [0.05, 0.1) is 0 Å². The van der Waals surface area contributed by atoms with E-state index in [0.29, 0.717) is 39.9 Å². The van der Waals surface area contributed by atoms with Gasteiger partial charge in [-0.05, 0) is 67.4 Å². The Hall–Kier alpha value is -1.60. The van der Waals surface area contributed by atoms with Crippen LogP contribution in [-0.2, 0) is 0 Å². The molecule has 0 bridgehead atoms. The zero-order valence-electron chi connectivity index (χ0n) is 18.5. The molecular formula is C24H29BrN4OS. The zero-order chi connectivity index (χ0) is 21.8. The van der Waals surface area contributed by atoms with Gasteiger partial charge in [0.2, 0.25) is 11.0 Å². The van der Waals surface area contributed by atoms with Crippen LogP contribution in [-0.4, -0.2) is 27.7 Å². The van der Waals surface area contributed by atoms with Gasteiger partial charge in [-0.25, -0.2) is 0 Å². The van der Waals surface area contributed by atoms with Gasteiger partial charge in [0, 0.05) is 21.6 Å². The molecule has 31 heavy (non-hydrogen) atoms. The van der Waals surface area contributed by atoms with Crippen LogP contribution in [0.5, 0.6) is 5.88 Å². The molecule has 2 aromatic rings. The van der Waals surface area contributed by atoms with Gasteiger partial charge in [-0.15, -0.1) is 10.2 Å². The molecule has 1 fully saturated rings. The second-order valence-corrected chi connectivity index (χ2v) is 11.5. The van der Waals surface area contributed by atoms with Gasteiger partial charge in [-0.2, -0.15) is 4.98 Å². The number of hydrogen-bond donors (Lipinski definition) is 1. The summed E-state index contributed by atoms with van der Waals surface area (Å²) < 4.78 is 7.60. The first-order valence-corrected chi connectivity index (χ1v) is 13.1. The number of hydrogen-bond acceptors (Lipinski definition) is 6. The molecular weight excluding hydrogens is 472 g/mol. The van der Waals surface area contributed by atoms with Gasteiger partial charge in [-0.1, -0.05) is 60.1 Å². The van der Waals surface area contributed by atoms with Crippen LogP contribution in [0.1, 0.15) is 46.5 Å². The maximum absolute atomic E-state index is 6.61. The standard InChI is InChI=1S/C24H29BrN4OS/c1-13-10-14-6-5-9-24(2,3)18(14)12-16(13)21-26-19-8-7-15(25)11-17(19)20-22(30-21)27-23(31-4)29-28-20/h6-8,11,13,16,18,21,26H,5,9-10,12H2,1-4H3/t13-,16-,18+,21-/m1/s1. The third kappa shape index (κ3) is 3.88. The molecule has 1 aromatic carbocycles. The van der Waals surface area contributed by atoms with Crippen molar-refractivity contribution in [1.82, 2.24) is 15.2 Å². The fourth-order valence-electron chi connectivity index (χ4n) is 5.56. The molecule has 7 heteroatoms. The van der Waals surface area contributed by atoms with Gasteiger partial charge in [-0.3, -0.25) is 0 Å². The monoisotopic (exact) mass is 500 g/mol. The van der Waals surface area contributed by atoms with Gasteiger partial charge in [0.1, 0.15) is 0 Å². The average molecular weight is 501 g/mol. The molecule has 5 nitrogen and oxygen atoms in total. The molecule has 5 rings (SSSR count). The van der Waals surface area contributed by atoms with E-state index in [-0.39, 0.29) is 6.23 Å². The summed E-state index contributed by atoms with van der Waals surface area (Å²) in [6.07, 6.45) is 9.07. The highest BCUT2D eigenvalue weighted by atomic mass is 79.9. The predicted octanol–water partition coefficient (Wildman–Crippen LogP) is 6.56. The fraction of sp³-hybridized carbons (Fsp3) is 0.542. The largest absolute Gasteiger partial charge is 0.452 e. The van der Waals surface area contributed by atoms with E-state index >= 15 is 0 Å². The molecule has 2 aliphatic carbocycles. The Kier molecular flexibility index (Phi) is 5.53. The third-order valence-corrected chi connectivity index (χ3v) is 8.39. The minimum absolute atomic E-state index is 0.151. The van der Waals surface area contributed by atoms with E-state index in [4.69, 9.17) is 9.72 Å². The molecule has 1 N–H and O–H groups in total. The van der Waals surface area contributed by atoms with Crippen LogP contribution >= 0.6 is 27.7 Å². The SMILES string of the molecule is CSc1nnc2c(n1)O[C@H]([C@@H]1C[C@H]3C(=CCCC3(C)C)C[C@H]1C)Nc1ccc(Br)cc1-2. The second-order valence-electron chi connectivity index (χ2n) is 9.76. The van der Waals surface area contributed by atoms with Crippen molar-refractivity contribution in [2.24, 2.45) is 23.2 Å². The van der Waals surface area contributed by atoms with E-state index in [2.05, 4.69) is 76.5 Å². The number of nitrogens with zero attached hydrogens (tertiary/aromatic N) is 3. The molecule has 4 atom stereocenters. The van der Waals surface area contributed by atoms with Gasteiger partial charge in [0.15, 0.2) is 11.9 Å². The number of thioether (sulfide) groups is 1. The molecule has 3 aliphatic rings. The zero-order valence-corrected chi connectivity index (χ0v) is 20.9. The van der Waals surface area contributed by atoms with E-state index in [1.54, 1.807) is 5.57 Å². The summed E-state index contributed by atoms with van der Waals surface area (Å²) >= 11 is 5.08. The number of halogens is 1. The molecule has 164 valence electrons. The van der Waals surface area contributed by atoms with E-state index in [1.165, 1.54) is 24.6 Å². The average Bonchev–Trinajstić information content (AvgIpc) is 2.89. The number of rotatable bonds is 2. The second kappa shape index (κ2) is 8.07. The molecule has 1 aromatic heterocycles. The number of benzene rings is 1. The molecule has 1 aliphatic heterocycles. The number of aromatic nitrogens is 3. The number of nitrogens with one attached hydrogen (secondary N) is 1. The Bertz CT molecular complexity index is 1040. The molecule has 2 heterocycles. The van der Waals surface area contributed by atoms with Crippen LogP contribution in [0, 0.1) is 23.2 Å². The lowest BCUT2D eigenvalue weighted by Crippen LogP contribution is -2.45. The lowest BCUT2D eigenvalue weighted by Gasteiger charge is -2.48. The number of ether oxygens (including phenoxy) is 1. The summed E-state index contributed by atoms with van der Waals surface area (Å²) in [4.78, 5) is 4.70. The first-order valence-electron chi connectivity index (χ1n) is 11.1. The van der Waals surface area contributed by atoms with Gasteiger partial charge >= 0.3 is 0 Å². The lowest BCUT2D eigenvalue weighted by molar-refractivity contribution is 0.0519. The Morgan fingerprint density at radius 3 is 2.90 bits per heavy atom. The summed E-state index contributed by atoms with van der Waals surface area (Å²) in [7, 11) is 0. The van der Waals surface area contributed by atoms with Crippen LogP contribution in [0.4, 0.5) is 5.69 Å². The Labute approximate surface area is 197 Å². The summed E-state index contributed by atoms with van der Waals surface area (Å²) in [6, 6.07) is 6.22. The maximum atomic E-state index is 6.61. The van der Waals surface area contributed by atoms with Crippen LogP contribution in [0.25, 0.3) is 11.3 Å². The quantitative estimate of drug-likeness (QED) is 0.371. The summed E-state index contributed by atoms with van der Waals surface area (Å²) in [5, 5.41) is 13.1. The van der Waals surface area contributed by atoms with E-state index < -0.39 is 0 Å². The summed E-state index contributed by atoms with van der Waals surface area (Å²) in [5.74, 6) is 2.11.